The van der Waals surface area contributed by atoms with Gasteiger partial charge in [-0.1, -0.05) is 25.0 Å². The molecule has 1 aromatic carbocycles. The highest BCUT2D eigenvalue weighted by molar-refractivity contribution is 5.93. The Morgan fingerprint density at radius 3 is 2.67 bits per heavy atom. The topological polar surface area (TPSA) is 146 Å². The molecule has 10 nitrogen and oxygen atoms in total. The number of piperidine rings is 1. The first-order chi connectivity index (χ1) is 17.6. The maximum atomic E-state index is 11.5. The number of hydrogen-bond donors (Lipinski definition) is 3. The molecule has 1 amide bonds. The molecule has 1 unspecified atom stereocenters. The lowest BCUT2D eigenvalue weighted by atomic mass is 9.89. The first-order valence-corrected chi connectivity index (χ1v) is 12.4. The third kappa shape index (κ3) is 5.47. The molecule has 0 bridgehead atoms. The normalized spacial score (nSPS) is 22.1. The Bertz CT molecular complexity index is 1240. The highest BCUT2D eigenvalue weighted by atomic mass is 16.4. The van der Waals surface area contributed by atoms with Crippen LogP contribution in [0.15, 0.2) is 47.3 Å². The molecule has 186 valence electrons. The Morgan fingerprint density at radius 1 is 1.08 bits per heavy atom. The molecule has 2 aliphatic rings. The van der Waals surface area contributed by atoms with Gasteiger partial charge in [0.1, 0.15) is 6.07 Å². The fourth-order valence-electron chi connectivity index (χ4n) is 5.10. The average molecular weight is 487 g/mol. The van der Waals surface area contributed by atoms with E-state index in [2.05, 4.69) is 36.6 Å². The van der Waals surface area contributed by atoms with Crippen LogP contribution < -0.4 is 21.3 Å². The number of amides is 1. The van der Waals surface area contributed by atoms with Crippen LogP contribution in [0.2, 0.25) is 0 Å². The standard InChI is InChI=1S/C26H30N8O2/c27-12-17-13-29-25(30-14-17)34-10-4-7-20(16-34)32-21-8-1-2-9-22(21)33-26-31-15-23(36-26)18-5-3-6-19(11-18)24(28)35/h3,5-6,11,13-15,20-22,32H,1-2,4,7-10,16H2,(H2,28,35)(H,31,33)/t20?,21-,22-/m1/s1. The molecular weight excluding hydrogens is 456 g/mol. The Labute approximate surface area is 209 Å². The summed E-state index contributed by atoms with van der Waals surface area (Å²) in [5.74, 6) is 0.788. The van der Waals surface area contributed by atoms with Crippen LogP contribution in [0.25, 0.3) is 11.3 Å². The second-order valence-electron chi connectivity index (χ2n) is 9.45. The van der Waals surface area contributed by atoms with Gasteiger partial charge in [-0.2, -0.15) is 5.26 Å². The van der Waals surface area contributed by atoms with Crippen molar-refractivity contribution in [1.82, 2.24) is 20.3 Å². The molecular formula is C26H30N8O2. The molecule has 1 aliphatic heterocycles. The number of nitrogens with one attached hydrogen (secondary N) is 2. The summed E-state index contributed by atoms with van der Waals surface area (Å²) in [6, 6.07) is 10.4. The predicted molar refractivity (Wildman–Crippen MR) is 135 cm³/mol. The molecule has 0 spiro atoms. The van der Waals surface area contributed by atoms with Gasteiger partial charge in [0.05, 0.1) is 24.2 Å². The van der Waals surface area contributed by atoms with E-state index in [1.54, 1.807) is 36.8 Å². The van der Waals surface area contributed by atoms with Crippen LogP contribution in [0.3, 0.4) is 0 Å². The summed E-state index contributed by atoms with van der Waals surface area (Å²) in [5.41, 5.74) is 7.07. The number of anilines is 2. The summed E-state index contributed by atoms with van der Waals surface area (Å²) in [6.07, 6.45) is 11.4. The van der Waals surface area contributed by atoms with Gasteiger partial charge in [-0.3, -0.25) is 4.79 Å². The molecule has 3 aromatic rings. The second-order valence-corrected chi connectivity index (χ2v) is 9.45. The van der Waals surface area contributed by atoms with Crippen molar-refractivity contribution in [3.8, 4) is 17.4 Å². The maximum Gasteiger partial charge on any atom is 0.295 e. The van der Waals surface area contributed by atoms with E-state index < -0.39 is 5.91 Å². The average Bonchev–Trinajstić information content (AvgIpc) is 3.39. The van der Waals surface area contributed by atoms with Crippen LogP contribution in [0.4, 0.5) is 12.0 Å². The van der Waals surface area contributed by atoms with E-state index in [0.29, 0.717) is 40.9 Å². The molecule has 1 aliphatic carbocycles. The first-order valence-electron chi connectivity index (χ1n) is 12.4. The number of hydrogen-bond acceptors (Lipinski definition) is 9. The van der Waals surface area contributed by atoms with Crippen molar-refractivity contribution in [3.05, 3.63) is 54.0 Å². The molecule has 2 aromatic heterocycles. The SMILES string of the molecule is N#Cc1cnc(N2CCCC(N[C@@H]3CCCC[C@H]3Nc3ncc(-c4cccc(C(N)=O)c4)o3)C2)nc1. The van der Waals surface area contributed by atoms with Crippen molar-refractivity contribution < 1.29 is 9.21 Å². The molecule has 1 saturated heterocycles. The van der Waals surface area contributed by atoms with Crippen LogP contribution in [0.1, 0.15) is 54.4 Å². The fraction of sp³-hybridized carbons (Fsp3) is 0.423. The lowest BCUT2D eigenvalue weighted by molar-refractivity contribution is 0.100. The van der Waals surface area contributed by atoms with Gasteiger partial charge in [-0.25, -0.2) is 15.0 Å². The van der Waals surface area contributed by atoms with Crippen LogP contribution in [0.5, 0.6) is 0 Å². The summed E-state index contributed by atoms with van der Waals surface area (Å²) in [4.78, 5) is 26.9. The lowest BCUT2D eigenvalue weighted by Gasteiger charge is -2.39. The molecule has 1 saturated carbocycles. The van der Waals surface area contributed by atoms with Crippen molar-refractivity contribution in [2.24, 2.45) is 5.73 Å². The number of nitriles is 1. The van der Waals surface area contributed by atoms with Crippen LogP contribution in [-0.4, -0.2) is 52.1 Å². The summed E-state index contributed by atoms with van der Waals surface area (Å²) in [7, 11) is 0. The third-order valence-electron chi connectivity index (χ3n) is 6.93. The highest BCUT2D eigenvalue weighted by Crippen LogP contribution is 2.27. The van der Waals surface area contributed by atoms with Gasteiger partial charge in [0.25, 0.3) is 6.01 Å². The van der Waals surface area contributed by atoms with Gasteiger partial charge < -0.3 is 25.7 Å². The number of carbonyl (C=O) groups excluding carboxylic acids is 1. The van der Waals surface area contributed by atoms with Crippen molar-refractivity contribution in [2.45, 2.75) is 56.7 Å². The minimum atomic E-state index is -0.474. The van der Waals surface area contributed by atoms with Gasteiger partial charge in [0, 0.05) is 42.3 Å². The van der Waals surface area contributed by atoms with Crippen LogP contribution in [0, 0.1) is 11.3 Å². The zero-order valence-corrected chi connectivity index (χ0v) is 20.1. The van der Waals surface area contributed by atoms with Gasteiger partial charge in [0.15, 0.2) is 5.76 Å². The van der Waals surface area contributed by atoms with E-state index >= 15 is 0 Å². The van der Waals surface area contributed by atoms with Crippen molar-refractivity contribution in [3.63, 3.8) is 0 Å². The van der Waals surface area contributed by atoms with Crippen molar-refractivity contribution >= 4 is 17.9 Å². The van der Waals surface area contributed by atoms with E-state index in [1.165, 1.54) is 6.42 Å². The van der Waals surface area contributed by atoms with E-state index in [0.717, 1.165) is 50.8 Å². The van der Waals surface area contributed by atoms with Gasteiger partial charge >= 0.3 is 0 Å². The lowest BCUT2D eigenvalue weighted by Crippen LogP contribution is -2.55. The van der Waals surface area contributed by atoms with Crippen molar-refractivity contribution in [1.29, 1.82) is 5.26 Å². The minimum Gasteiger partial charge on any atom is -0.424 e. The number of benzene rings is 1. The molecule has 0 radical (unpaired) electrons. The summed E-state index contributed by atoms with van der Waals surface area (Å²) in [6.45, 7) is 1.74. The Kier molecular flexibility index (Phi) is 7.09. The Hall–Kier alpha value is -3.97. The number of aromatic nitrogens is 3. The highest BCUT2D eigenvalue weighted by Gasteiger charge is 2.30. The van der Waals surface area contributed by atoms with E-state index in [-0.39, 0.29) is 6.04 Å². The summed E-state index contributed by atoms with van der Waals surface area (Å²) in [5, 5.41) is 16.4. The molecule has 3 atom stereocenters. The van der Waals surface area contributed by atoms with Crippen molar-refractivity contribution in [2.75, 3.05) is 23.3 Å². The number of rotatable bonds is 7. The zero-order valence-electron chi connectivity index (χ0n) is 20.1. The second kappa shape index (κ2) is 10.7. The molecule has 2 fully saturated rings. The molecule has 10 heteroatoms. The van der Waals surface area contributed by atoms with E-state index in [4.69, 9.17) is 15.4 Å². The molecule has 3 heterocycles. The van der Waals surface area contributed by atoms with Gasteiger partial charge in [-0.15, -0.1) is 0 Å². The Balaban J connectivity index is 1.23. The molecule has 5 rings (SSSR count). The van der Waals surface area contributed by atoms with E-state index in [1.807, 2.05) is 6.07 Å². The first kappa shape index (κ1) is 23.8. The van der Waals surface area contributed by atoms with E-state index in [9.17, 15) is 4.79 Å². The number of carbonyl (C=O) groups is 1. The fourth-order valence-corrected chi connectivity index (χ4v) is 5.10. The van der Waals surface area contributed by atoms with Crippen LogP contribution >= 0.6 is 0 Å². The van der Waals surface area contributed by atoms with Crippen LogP contribution in [-0.2, 0) is 0 Å². The maximum absolute atomic E-state index is 11.5. The molecule has 4 N–H and O–H groups in total. The number of nitrogens with two attached hydrogens (primary N) is 1. The third-order valence-corrected chi connectivity index (χ3v) is 6.93. The minimum absolute atomic E-state index is 0.198. The monoisotopic (exact) mass is 486 g/mol. The Morgan fingerprint density at radius 2 is 1.89 bits per heavy atom. The number of primary amides is 1. The number of oxazole rings is 1. The summed E-state index contributed by atoms with van der Waals surface area (Å²) >= 11 is 0. The smallest absolute Gasteiger partial charge is 0.295 e. The van der Waals surface area contributed by atoms with Gasteiger partial charge in [-0.05, 0) is 37.8 Å². The predicted octanol–water partition coefficient (Wildman–Crippen LogP) is 3.08. The largest absolute Gasteiger partial charge is 0.424 e. The summed E-state index contributed by atoms with van der Waals surface area (Å²) < 4.78 is 5.99. The zero-order chi connectivity index (χ0) is 24.9. The number of nitrogens with zero attached hydrogens (tertiary/aromatic N) is 5. The van der Waals surface area contributed by atoms with Gasteiger partial charge in [0.2, 0.25) is 11.9 Å². The quantitative estimate of drug-likeness (QED) is 0.458. The molecule has 36 heavy (non-hydrogen) atoms.